The van der Waals surface area contributed by atoms with Gasteiger partial charge >= 0.3 is 0 Å². The minimum Gasteiger partial charge on any atom is -0.497 e. The highest BCUT2D eigenvalue weighted by molar-refractivity contribution is 7.93. The van der Waals surface area contributed by atoms with E-state index in [1.54, 1.807) is 42.5 Å². The van der Waals surface area contributed by atoms with Crippen LogP contribution in [0.3, 0.4) is 0 Å². The van der Waals surface area contributed by atoms with Crippen LogP contribution < -0.4 is 14.9 Å². The Morgan fingerprint density at radius 2 is 1.81 bits per heavy atom. The number of nitrogens with one attached hydrogen (secondary N) is 1. The van der Waals surface area contributed by atoms with Crippen molar-refractivity contribution in [3.8, 4) is 17.1 Å². The normalized spacial score (nSPS) is 14.3. The maximum absolute atomic E-state index is 12.4. The molecule has 7 heteroatoms. The average molecular weight is 371 g/mol. The van der Waals surface area contributed by atoms with Crippen molar-refractivity contribution in [3.05, 3.63) is 58.8 Å². The second-order valence-electron chi connectivity index (χ2n) is 6.26. The van der Waals surface area contributed by atoms with E-state index in [9.17, 15) is 13.2 Å². The van der Waals surface area contributed by atoms with Crippen LogP contribution in [0.25, 0.3) is 22.3 Å². The first-order chi connectivity index (χ1) is 12.5. The summed E-state index contributed by atoms with van der Waals surface area (Å²) in [5.41, 5.74) is 1.48. The summed E-state index contributed by atoms with van der Waals surface area (Å²) in [5, 5.41) is 0.166. The Morgan fingerprint density at radius 3 is 2.46 bits per heavy atom. The van der Waals surface area contributed by atoms with Gasteiger partial charge in [0.2, 0.25) is 10.0 Å². The zero-order chi connectivity index (χ0) is 18.3. The van der Waals surface area contributed by atoms with Crippen LogP contribution in [0.4, 0.5) is 5.69 Å². The van der Waals surface area contributed by atoms with Crippen LogP contribution in [-0.2, 0) is 10.0 Å². The minimum absolute atomic E-state index is 0.168. The lowest BCUT2D eigenvalue weighted by Crippen LogP contribution is -2.17. The molecule has 0 saturated heterocycles. The summed E-state index contributed by atoms with van der Waals surface area (Å²) in [6.45, 7) is 0. The first-order valence-corrected chi connectivity index (χ1v) is 9.75. The predicted molar refractivity (Wildman–Crippen MR) is 100 cm³/mol. The number of methoxy groups -OCH3 is 1. The number of hydrogen-bond acceptors (Lipinski definition) is 5. The monoisotopic (exact) mass is 371 g/mol. The SMILES string of the molecule is COc1ccc2oc(-c3ccc(NS(=O)(=O)C4CC4)cc3)cc(=O)c2c1. The van der Waals surface area contributed by atoms with E-state index >= 15 is 0 Å². The molecular formula is C19H17NO5S. The number of fused-ring (bicyclic) bond motifs is 1. The Bertz CT molecular complexity index is 1130. The van der Waals surface area contributed by atoms with E-state index in [-0.39, 0.29) is 10.7 Å². The number of anilines is 1. The molecule has 0 atom stereocenters. The molecule has 0 aliphatic heterocycles. The minimum atomic E-state index is -3.30. The van der Waals surface area contributed by atoms with Gasteiger partial charge < -0.3 is 9.15 Å². The molecule has 1 fully saturated rings. The largest absolute Gasteiger partial charge is 0.497 e. The van der Waals surface area contributed by atoms with E-state index in [2.05, 4.69) is 4.72 Å². The van der Waals surface area contributed by atoms with Crippen molar-refractivity contribution in [3.63, 3.8) is 0 Å². The van der Waals surface area contributed by atoms with E-state index < -0.39 is 10.0 Å². The molecule has 1 aliphatic rings. The number of rotatable bonds is 5. The second-order valence-corrected chi connectivity index (χ2v) is 8.22. The Kier molecular flexibility index (Phi) is 3.96. The van der Waals surface area contributed by atoms with Crippen molar-refractivity contribution in [1.29, 1.82) is 0 Å². The summed E-state index contributed by atoms with van der Waals surface area (Å²) in [6, 6.07) is 13.2. The lowest BCUT2D eigenvalue weighted by Gasteiger charge is -2.08. The van der Waals surface area contributed by atoms with Gasteiger partial charge in [-0.05, 0) is 55.3 Å². The molecule has 1 heterocycles. The van der Waals surface area contributed by atoms with E-state index in [1.165, 1.54) is 13.2 Å². The van der Waals surface area contributed by atoms with Gasteiger partial charge in [-0.15, -0.1) is 0 Å². The fourth-order valence-corrected chi connectivity index (χ4v) is 4.12. The lowest BCUT2D eigenvalue weighted by molar-refractivity contribution is 0.415. The quantitative estimate of drug-likeness (QED) is 0.743. The molecule has 1 aromatic heterocycles. The molecule has 1 aliphatic carbocycles. The van der Waals surface area contributed by atoms with Crippen molar-refractivity contribution < 1.29 is 17.6 Å². The van der Waals surface area contributed by atoms with Crippen LogP contribution in [-0.4, -0.2) is 20.8 Å². The smallest absolute Gasteiger partial charge is 0.235 e. The van der Waals surface area contributed by atoms with Crippen molar-refractivity contribution in [1.82, 2.24) is 0 Å². The van der Waals surface area contributed by atoms with Gasteiger partial charge in [0.1, 0.15) is 17.1 Å². The second kappa shape index (κ2) is 6.17. The van der Waals surface area contributed by atoms with Gasteiger partial charge in [0.15, 0.2) is 5.43 Å². The summed E-state index contributed by atoms with van der Waals surface area (Å²) in [5.74, 6) is 1.01. The van der Waals surface area contributed by atoms with Gasteiger partial charge in [-0.25, -0.2) is 8.42 Å². The molecule has 1 N–H and O–H groups in total. The Hall–Kier alpha value is -2.80. The first-order valence-electron chi connectivity index (χ1n) is 8.20. The molecular weight excluding hydrogens is 354 g/mol. The first kappa shape index (κ1) is 16.7. The van der Waals surface area contributed by atoms with Crippen LogP contribution in [0.1, 0.15) is 12.8 Å². The van der Waals surface area contributed by atoms with Crippen LogP contribution in [0.2, 0.25) is 0 Å². The Morgan fingerprint density at radius 1 is 1.08 bits per heavy atom. The Labute approximate surface area is 150 Å². The standard InChI is InChI=1S/C19H17NO5S/c1-24-14-6-9-18-16(10-14)17(21)11-19(25-18)12-2-4-13(5-3-12)20-26(22,23)15-7-8-15/h2-6,9-11,15,20H,7-8H2,1H3. The van der Waals surface area contributed by atoms with Gasteiger partial charge in [-0.2, -0.15) is 0 Å². The van der Waals surface area contributed by atoms with Gasteiger partial charge in [0, 0.05) is 17.3 Å². The fraction of sp³-hybridized carbons (Fsp3) is 0.211. The maximum Gasteiger partial charge on any atom is 0.235 e. The molecule has 4 rings (SSSR count). The van der Waals surface area contributed by atoms with E-state index in [4.69, 9.17) is 9.15 Å². The highest BCUT2D eigenvalue weighted by Gasteiger charge is 2.35. The molecule has 26 heavy (non-hydrogen) atoms. The average Bonchev–Trinajstić information content (AvgIpc) is 3.47. The van der Waals surface area contributed by atoms with Crippen LogP contribution in [0, 0.1) is 0 Å². The van der Waals surface area contributed by atoms with Crippen LogP contribution in [0.15, 0.2) is 57.7 Å². The molecule has 0 spiro atoms. The Balaban J connectivity index is 1.66. The molecule has 0 bridgehead atoms. The molecule has 3 aromatic rings. The summed E-state index contributed by atoms with van der Waals surface area (Å²) in [6.07, 6.45) is 1.42. The molecule has 2 aromatic carbocycles. The molecule has 134 valence electrons. The van der Waals surface area contributed by atoms with Gasteiger partial charge in [0.25, 0.3) is 0 Å². The summed E-state index contributed by atoms with van der Waals surface area (Å²) in [4.78, 5) is 12.4. The lowest BCUT2D eigenvalue weighted by atomic mass is 10.1. The van der Waals surface area contributed by atoms with Crippen molar-refractivity contribution in [2.75, 3.05) is 11.8 Å². The van der Waals surface area contributed by atoms with Gasteiger partial charge in [-0.3, -0.25) is 9.52 Å². The molecule has 1 saturated carbocycles. The third-order valence-electron chi connectivity index (χ3n) is 4.33. The fourth-order valence-electron chi connectivity index (χ4n) is 2.73. The highest BCUT2D eigenvalue weighted by atomic mass is 32.2. The van der Waals surface area contributed by atoms with Crippen LogP contribution >= 0.6 is 0 Å². The molecule has 0 radical (unpaired) electrons. The summed E-state index contributed by atoms with van der Waals surface area (Å²) >= 11 is 0. The third-order valence-corrected chi connectivity index (χ3v) is 6.20. The summed E-state index contributed by atoms with van der Waals surface area (Å²) < 4.78 is 37.5. The predicted octanol–water partition coefficient (Wildman–Crippen LogP) is 3.37. The topological polar surface area (TPSA) is 85.6 Å². The van der Waals surface area contributed by atoms with Crippen LogP contribution in [0.5, 0.6) is 5.75 Å². The van der Waals surface area contributed by atoms with Crippen molar-refractivity contribution in [2.45, 2.75) is 18.1 Å². The van der Waals surface area contributed by atoms with Gasteiger partial charge in [-0.1, -0.05) is 0 Å². The van der Waals surface area contributed by atoms with E-state index in [0.29, 0.717) is 46.6 Å². The number of ether oxygens (including phenoxy) is 1. The summed E-state index contributed by atoms with van der Waals surface area (Å²) in [7, 11) is -1.76. The third kappa shape index (κ3) is 3.17. The molecule has 0 amide bonds. The zero-order valence-corrected chi connectivity index (χ0v) is 14.9. The highest BCUT2D eigenvalue weighted by Crippen LogP contribution is 2.30. The molecule has 6 nitrogen and oxygen atoms in total. The van der Waals surface area contributed by atoms with Gasteiger partial charge in [0.05, 0.1) is 17.7 Å². The van der Waals surface area contributed by atoms with E-state index in [0.717, 1.165) is 0 Å². The van der Waals surface area contributed by atoms with Crippen molar-refractivity contribution >= 4 is 26.7 Å². The van der Waals surface area contributed by atoms with E-state index in [1.807, 2.05) is 0 Å². The number of benzene rings is 2. The molecule has 0 unspecified atom stereocenters. The number of hydrogen-bond donors (Lipinski definition) is 1. The zero-order valence-electron chi connectivity index (χ0n) is 14.1. The number of sulfonamides is 1. The maximum atomic E-state index is 12.4. The van der Waals surface area contributed by atoms with Crippen molar-refractivity contribution in [2.24, 2.45) is 0 Å².